The summed E-state index contributed by atoms with van der Waals surface area (Å²) in [5, 5.41) is 5.74. The first-order chi connectivity index (χ1) is 9.38. The van der Waals surface area contributed by atoms with Gasteiger partial charge in [0.2, 0.25) is 0 Å². The predicted octanol–water partition coefficient (Wildman–Crippen LogP) is 2.58. The van der Waals surface area contributed by atoms with E-state index in [1.807, 2.05) is 6.92 Å². The van der Waals surface area contributed by atoms with Gasteiger partial charge in [-0.05, 0) is 43.5 Å². The lowest BCUT2D eigenvalue weighted by atomic mass is 9.91. The van der Waals surface area contributed by atoms with E-state index in [1.165, 1.54) is 0 Å². The number of anilines is 1. The fraction of sp³-hybridized carbons (Fsp3) is 0.533. The van der Waals surface area contributed by atoms with Crippen LogP contribution in [0.1, 0.15) is 27.2 Å². The molecule has 0 aliphatic heterocycles. The van der Waals surface area contributed by atoms with Gasteiger partial charge in [-0.2, -0.15) is 0 Å². The van der Waals surface area contributed by atoms with Crippen molar-refractivity contribution < 1.29 is 9.53 Å². The van der Waals surface area contributed by atoms with E-state index in [1.54, 1.807) is 31.4 Å². The number of urea groups is 1. The number of hydrogen-bond donors (Lipinski definition) is 3. The molecule has 0 fully saturated rings. The number of nitrogens with one attached hydrogen (secondary N) is 2. The van der Waals surface area contributed by atoms with Crippen LogP contribution in [0.25, 0.3) is 0 Å². The number of methoxy groups -OCH3 is 1. The van der Waals surface area contributed by atoms with Crippen molar-refractivity contribution in [2.75, 3.05) is 19.0 Å². The Balaban J connectivity index is 2.61. The fourth-order valence-electron chi connectivity index (χ4n) is 2.20. The molecule has 0 spiro atoms. The van der Waals surface area contributed by atoms with Crippen molar-refractivity contribution in [2.45, 2.75) is 32.7 Å². The van der Waals surface area contributed by atoms with Crippen LogP contribution in [0.3, 0.4) is 0 Å². The van der Waals surface area contributed by atoms with Gasteiger partial charge < -0.3 is 21.1 Å². The Hall–Kier alpha value is -1.75. The summed E-state index contributed by atoms with van der Waals surface area (Å²) in [4.78, 5) is 12.0. The number of hydrogen-bond acceptors (Lipinski definition) is 3. The number of carbonyl (C=O) groups is 1. The van der Waals surface area contributed by atoms with Gasteiger partial charge in [0.25, 0.3) is 0 Å². The van der Waals surface area contributed by atoms with Crippen LogP contribution in [0.2, 0.25) is 0 Å². The third kappa shape index (κ3) is 5.09. The highest BCUT2D eigenvalue weighted by Crippen LogP contribution is 2.17. The average Bonchev–Trinajstić information content (AvgIpc) is 2.38. The third-order valence-electron chi connectivity index (χ3n) is 3.07. The van der Waals surface area contributed by atoms with Gasteiger partial charge in [0, 0.05) is 12.2 Å². The van der Waals surface area contributed by atoms with Crippen molar-refractivity contribution in [3.63, 3.8) is 0 Å². The number of carbonyl (C=O) groups excluding carboxylic acids is 1. The van der Waals surface area contributed by atoms with Gasteiger partial charge in [-0.1, -0.05) is 13.8 Å². The Morgan fingerprint density at radius 2 is 1.95 bits per heavy atom. The lowest BCUT2D eigenvalue weighted by Crippen LogP contribution is -2.53. The zero-order valence-corrected chi connectivity index (χ0v) is 12.7. The van der Waals surface area contributed by atoms with Gasteiger partial charge in [0.15, 0.2) is 0 Å². The van der Waals surface area contributed by atoms with E-state index in [9.17, 15) is 4.79 Å². The quantitative estimate of drug-likeness (QED) is 0.749. The van der Waals surface area contributed by atoms with E-state index < -0.39 is 5.54 Å². The SMILES string of the molecule is COc1ccc(NC(=O)NC(C)(CN)CC(C)C)cc1. The van der Waals surface area contributed by atoms with Crippen LogP contribution in [0.15, 0.2) is 24.3 Å². The standard InChI is InChI=1S/C15H25N3O2/c1-11(2)9-15(3,10-16)18-14(19)17-12-5-7-13(20-4)8-6-12/h5-8,11H,9-10,16H2,1-4H3,(H2,17,18,19). The van der Waals surface area contributed by atoms with Gasteiger partial charge in [0.05, 0.1) is 12.6 Å². The molecule has 0 saturated carbocycles. The first-order valence-electron chi connectivity index (χ1n) is 6.82. The summed E-state index contributed by atoms with van der Waals surface area (Å²) in [6.45, 7) is 6.58. The second kappa shape index (κ2) is 7.14. The second-order valence-corrected chi connectivity index (χ2v) is 5.67. The van der Waals surface area contributed by atoms with Crippen LogP contribution < -0.4 is 21.1 Å². The largest absolute Gasteiger partial charge is 0.497 e. The van der Waals surface area contributed by atoms with E-state index in [2.05, 4.69) is 24.5 Å². The molecule has 0 aliphatic rings. The lowest BCUT2D eigenvalue weighted by Gasteiger charge is -2.31. The number of amides is 2. The van der Waals surface area contributed by atoms with Gasteiger partial charge in [-0.15, -0.1) is 0 Å². The maximum Gasteiger partial charge on any atom is 0.319 e. The van der Waals surface area contributed by atoms with Crippen molar-refractivity contribution in [1.29, 1.82) is 0 Å². The van der Waals surface area contributed by atoms with Crippen LogP contribution in [0.5, 0.6) is 5.75 Å². The molecule has 112 valence electrons. The summed E-state index contributed by atoms with van der Waals surface area (Å²) >= 11 is 0. The summed E-state index contributed by atoms with van der Waals surface area (Å²) in [7, 11) is 1.60. The van der Waals surface area contributed by atoms with Crippen molar-refractivity contribution in [3.05, 3.63) is 24.3 Å². The van der Waals surface area contributed by atoms with Crippen LogP contribution >= 0.6 is 0 Å². The van der Waals surface area contributed by atoms with Crippen molar-refractivity contribution in [3.8, 4) is 5.75 Å². The maximum atomic E-state index is 12.0. The Kier molecular flexibility index (Phi) is 5.82. The molecule has 2 amide bonds. The molecular formula is C15H25N3O2. The highest BCUT2D eigenvalue weighted by atomic mass is 16.5. The molecule has 0 aromatic heterocycles. The van der Waals surface area contributed by atoms with E-state index in [0.717, 1.165) is 12.2 Å². The van der Waals surface area contributed by atoms with Crippen molar-refractivity contribution in [2.24, 2.45) is 11.7 Å². The van der Waals surface area contributed by atoms with Crippen LogP contribution in [-0.2, 0) is 0 Å². The summed E-state index contributed by atoms with van der Waals surface area (Å²) < 4.78 is 5.07. The molecule has 0 bridgehead atoms. The number of ether oxygens (including phenoxy) is 1. The van der Waals surface area contributed by atoms with Crippen LogP contribution in [0, 0.1) is 5.92 Å². The third-order valence-corrected chi connectivity index (χ3v) is 3.07. The minimum Gasteiger partial charge on any atom is -0.497 e. The summed E-state index contributed by atoms with van der Waals surface area (Å²) in [5.74, 6) is 1.22. The highest BCUT2D eigenvalue weighted by Gasteiger charge is 2.25. The highest BCUT2D eigenvalue weighted by molar-refractivity contribution is 5.89. The molecule has 1 atom stereocenters. The molecule has 1 unspecified atom stereocenters. The lowest BCUT2D eigenvalue weighted by molar-refractivity contribution is 0.233. The van der Waals surface area contributed by atoms with E-state index in [0.29, 0.717) is 18.2 Å². The molecule has 1 rings (SSSR count). The monoisotopic (exact) mass is 279 g/mol. The number of nitrogens with two attached hydrogens (primary N) is 1. The Bertz CT molecular complexity index is 431. The zero-order chi connectivity index (χ0) is 15.2. The average molecular weight is 279 g/mol. The van der Waals surface area contributed by atoms with Crippen molar-refractivity contribution >= 4 is 11.7 Å². The van der Waals surface area contributed by atoms with Gasteiger partial charge in [-0.25, -0.2) is 4.79 Å². The molecule has 5 heteroatoms. The minimum absolute atomic E-state index is 0.247. The number of benzene rings is 1. The predicted molar refractivity (Wildman–Crippen MR) is 82.1 cm³/mol. The second-order valence-electron chi connectivity index (χ2n) is 5.67. The minimum atomic E-state index is -0.398. The normalized spacial score (nSPS) is 13.7. The first kappa shape index (κ1) is 16.3. The molecule has 0 saturated heterocycles. The number of rotatable bonds is 6. The van der Waals surface area contributed by atoms with Crippen molar-refractivity contribution in [1.82, 2.24) is 5.32 Å². The van der Waals surface area contributed by atoms with Crippen LogP contribution in [-0.4, -0.2) is 25.2 Å². The molecule has 0 heterocycles. The Morgan fingerprint density at radius 1 is 1.35 bits per heavy atom. The van der Waals surface area contributed by atoms with Gasteiger partial charge in [0.1, 0.15) is 5.75 Å². The molecule has 1 aromatic carbocycles. The maximum absolute atomic E-state index is 12.0. The Morgan fingerprint density at radius 3 is 2.40 bits per heavy atom. The molecule has 0 radical (unpaired) electrons. The molecule has 20 heavy (non-hydrogen) atoms. The van der Waals surface area contributed by atoms with E-state index in [4.69, 9.17) is 10.5 Å². The molecular weight excluding hydrogens is 254 g/mol. The summed E-state index contributed by atoms with van der Waals surface area (Å²) in [5.41, 5.74) is 6.09. The topological polar surface area (TPSA) is 76.4 Å². The zero-order valence-electron chi connectivity index (χ0n) is 12.7. The smallest absolute Gasteiger partial charge is 0.319 e. The molecule has 0 aliphatic carbocycles. The Labute approximate surface area is 120 Å². The first-order valence-corrected chi connectivity index (χ1v) is 6.82. The summed E-state index contributed by atoms with van der Waals surface area (Å²) in [6.07, 6.45) is 0.833. The summed E-state index contributed by atoms with van der Waals surface area (Å²) in [6, 6.07) is 6.93. The van der Waals surface area contributed by atoms with E-state index >= 15 is 0 Å². The molecule has 5 nitrogen and oxygen atoms in total. The fourth-order valence-corrected chi connectivity index (χ4v) is 2.20. The van der Waals surface area contributed by atoms with Gasteiger partial charge in [-0.3, -0.25) is 0 Å². The van der Waals surface area contributed by atoms with E-state index in [-0.39, 0.29) is 6.03 Å². The van der Waals surface area contributed by atoms with Crippen LogP contribution in [0.4, 0.5) is 10.5 Å². The van der Waals surface area contributed by atoms with Gasteiger partial charge >= 0.3 is 6.03 Å². The molecule has 4 N–H and O–H groups in total. The molecule has 1 aromatic rings.